The third-order valence-corrected chi connectivity index (χ3v) is 2.41. The first-order chi connectivity index (χ1) is 6.74. The zero-order valence-corrected chi connectivity index (χ0v) is 7.99. The third kappa shape index (κ3) is 1.39. The van der Waals surface area contributed by atoms with E-state index in [4.69, 9.17) is 11.6 Å². The molecule has 0 bridgehead atoms. The lowest BCUT2D eigenvalue weighted by molar-refractivity contribution is 0.426. The number of fused-ring (bicyclic) bond motifs is 1. The Morgan fingerprint density at radius 3 is 2.86 bits per heavy atom. The van der Waals surface area contributed by atoms with E-state index in [1.807, 2.05) is 6.07 Å². The van der Waals surface area contributed by atoms with Crippen LogP contribution in [0, 0.1) is 0 Å². The number of alkyl halides is 1. The fourth-order valence-electron chi connectivity index (χ4n) is 1.48. The smallest absolute Gasteiger partial charge is 0.423 e. The number of aromatic nitrogens is 2. The lowest BCUT2D eigenvalue weighted by Crippen LogP contribution is -2.33. The van der Waals surface area contributed by atoms with Crippen molar-refractivity contribution in [1.29, 1.82) is 0 Å². The lowest BCUT2D eigenvalue weighted by atomic mass is 9.76. The van der Waals surface area contributed by atoms with Crippen LogP contribution in [0.4, 0.5) is 0 Å². The first-order valence-electron chi connectivity index (χ1n) is 4.11. The van der Waals surface area contributed by atoms with Gasteiger partial charge in [-0.15, -0.1) is 11.6 Å². The van der Waals surface area contributed by atoms with Gasteiger partial charge in [0.1, 0.15) is 0 Å². The van der Waals surface area contributed by atoms with Crippen molar-refractivity contribution < 1.29 is 10.0 Å². The van der Waals surface area contributed by atoms with Gasteiger partial charge in [0.2, 0.25) is 0 Å². The van der Waals surface area contributed by atoms with E-state index < -0.39 is 7.12 Å². The van der Waals surface area contributed by atoms with Crippen molar-refractivity contribution in [3.8, 4) is 0 Å². The van der Waals surface area contributed by atoms with Gasteiger partial charge < -0.3 is 15.0 Å². The lowest BCUT2D eigenvalue weighted by Gasteiger charge is -2.06. The van der Waals surface area contributed by atoms with Gasteiger partial charge in [-0.3, -0.25) is 0 Å². The molecule has 0 aliphatic carbocycles. The van der Waals surface area contributed by atoms with Gasteiger partial charge in [-0.2, -0.15) is 0 Å². The van der Waals surface area contributed by atoms with Crippen molar-refractivity contribution in [3.63, 3.8) is 0 Å². The Morgan fingerprint density at radius 2 is 2.21 bits per heavy atom. The fraction of sp³-hybridized carbons (Fsp3) is 0.125. The van der Waals surface area contributed by atoms with Crippen LogP contribution >= 0.6 is 11.6 Å². The van der Waals surface area contributed by atoms with E-state index in [2.05, 4.69) is 9.97 Å². The Bertz CT molecular complexity index is 458. The molecule has 14 heavy (non-hydrogen) atoms. The van der Waals surface area contributed by atoms with Crippen LogP contribution in [0.1, 0.15) is 5.56 Å². The molecule has 1 aromatic carbocycles. The molecule has 2 aromatic rings. The number of nitrogens with zero attached hydrogens (tertiary/aromatic N) is 1. The summed E-state index contributed by atoms with van der Waals surface area (Å²) in [4.78, 5) is 6.90. The maximum Gasteiger partial charge on any atom is 0.491 e. The Kier molecular flexibility index (Phi) is 2.45. The molecule has 0 aliphatic rings. The number of imidazole rings is 1. The monoisotopic (exact) mass is 210 g/mol. The number of halogens is 1. The van der Waals surface area contributed by atoms with Gasteiger partial charge in [0.15, 0.2) is 0 Å². The molecule has 1 heterocycles. The topological polar surface area (TPSA) is 69.1 Å². The third-order valence-electron chi connectivity index (χ3n) is 2.12. The Morgan fingerprint density at radius 1 is 1.43 bits per heavy atom. The van der Waals surface area contributed by atoms with Crippen molar-refractivity contribution in [2.45, 2.75) is 5.88 Å². The first kappa shape index (κ1) is 9.52. The zero-order chi connectivity index (χ0) is 10.1. The maximum absolute atomic E-state index is 9.20. The number of nitrogens with one attached hydrogen (secondary N) is 1. The molecule has 0 spiro atoms. The normalized spacial score (nSPS) is 10.8. The van der Waals surface area contributed by atoms with Crippen molar-refractivity contribution in [2.24, 2.45) is 0 Å². The van der Waals surface area contributed by atoms with E-state index in [1.54, 1.807) is 6.07 Å². The predicted molar refractivity (Wildman–Crippen MR) is 55.5 cm³/mol. The van der Waals surface area contributed by atoms with Crippen LogP contribution in [0.25, 0.3) is 11.0 Å². The van der Waals surface area contributed by atoms with Crippen molar-refractivity contribution in [3.05, 3.63) is 24.0 Å². The highest BCUT2D eigenvalue weighted by Gasteiger charge is 2.20. The summed E-state index contributed by atoms with van der Waals surface area (Å²) in [6.45, 7) is 0. The standard InChI is InChI=1S/C8H8BClN2O2/c10-3-5-1-2-6-8(12-4-11-6)7(5)9(13)14/h1-2,4,13-14H,3H2,(H,11,12). The highest BCUT2D eigenvalue weighted by molar-refractivity contribution is 6.62. The quantitative estimate of drug-likeness (QED) is 0.482. The van der Waals surface area contributed by atoms with Gasteiger partial charge in [-0.1, -0.05) is 6.07 Å². The predicted octanol–water partition coefficient (Wildman–Crippen LogP) is -0.0185. The minimum absolute atomic E-state index is 0.232. The fourth-order valence-corrected chi connectivity index (χ4v) is 1.71. The molecule has 2 rings (SSSR count). The second-order valence-corrected chi connectivity index (χ2v) is 3.21. The summed E-state index contributed by atoms with van der Waals surface area (Å²) in [5, 5.41) is 18.4. The molecule has 3 N–H and O–H groups in total. The number of hydrogen-bond acceptors (Lipinski definition) is 3. The van der Waals surface area contributed by atoms with Crippen molar-refractivity contribution >= 4 is 35.2 Å². The number of aromatic amines is 1. The molecule has 0 saturated heterocycles. The molecular weight excluding hydrogens is 202 g/mol. The molecule has 72 valence electrons. The highest BCUT2D eigenvalue weighted by Crippen LogP contribution is 2.11. The summed E-state index contributed by atoms with van der Waals surface area (Å²) in [7, 11) is -1.55. The molecule has 0 amide bonds. The molecule has 6 heteroatoms. The summed E-state index contributed by atoms with van der Waals surface area (Å²) in [5.74, 6) is 0.232. The van der Waals surface area contributed by atoms with Gasteiger partial charge in [0, 0.05) is 11.3 Å². The van der Waals surface area contributed by atoms with Gasteiger partial charge in [-0.25, -0.2) is 4.98 Å². The number of benzene rings is 1. The average molecular weight is 210 g/mol. The Balaban J connectivity index is 2.75. The number of hydrogen-bond donors (Lipinski definition) is 3. The zero-order valence-electron chi connectivity index (χ0n) is 7.24. The summed E-state index contributed by atoms with van der Waals surface area (Å²) >= 11 is 5.68. The molecule has 0 atom stereocenters. The summed E-state index contributed by atoms with van der Waals surface area (Å²) in [5.41, 5.74) is 2.38. The van der Waals surface area contributed by atoms with Gasteiger partial charge in [0.05, 0.1) is 17.4 Å². The second kappa shape index (κ2) is 3.61. The van der Waals surface area contributed by atoms with Crippen molar-refractivity contribution in [1.82, 2.24) is 9.97 Å². The largest absolute Gasteiger partial charge is 0.491 e. The van der Waals surface area contributed by atoms with Crippen LogP contribution in [0.5, 0.6) is 0 Å². The van der Waals surface area contributed by atoms with Crippen LogP contribution < -0.4 is 5.46 Å². The molecule has 1 aromatic heterocycles. The molecule has 0 unspecified atom stereocenters. The number of rotatable bonds is 2. The molecule has 0 saturated carbocycles. The molecule has 4 nitrogen and oxygen atoms in total. The molecule has 0 aliphatic heterocycles. The van der Waals surface area contributed by atoms with E-state index in [-0.39, 0.29) is 5.88 Å². The van der Waals surface area contributed by atoms with Crippen LogP contribution in [0.3, 0.4) is 0 Å². The second-order valence-electron chi connectivity index (χ2n) is 2.94. The van der Waals surface area contributed by atoms with Crippen LogP contribution in [-0.4, -0.2) is 27.1 Å². The SMILES string of the molecule is OB(O)c1c(CCl)ccc2[nH]cnc12. The minimum Gasteiger partial charge on any atom is -0.423 e. The van der Waals surface area contributed by atoms with Gasteiger partial charge in [-0.05, 0) is 11.6 Å². The first-order valence-corrected chi connectivity index (χ1v) is 4.64. The van der Waals surface area contributed by atoms with Crippen LogP contribution in [0.2, 0.25) is 0 Å². The molecule has 0 radical (unpaired) electrons. The van der Waals surface area contributed by atoms with Crippen molar-refractivity contribution in [2.75, 3.05) is 0 Å². The van der Waals surface area contributed by atoms with E-state index in [0.717, 1.165) is 5.52 Å². The Labute approximate surface area is 85.7 Å². The van der Waals surface area contributed by atoms with Crippen LogP contribution in [-0.2, 0) is 5.88 Å². The molecular formula is C8H8BClN2O2. The van der Waals surface area contributed by atoms with Gasteiger partial charge in [0.25, 0.3) is 0 Å². The van der Waals surface area contributed by atoms with E-state index in [0.29, 0.717) is 16.5 Å². The number of H-pyrrole nitrogens is 1. The summed E-state index contributed by atoms with van der Waals surface area (Å²) in [6.07, 6.45) is 1.51. The summed E-state index contributed by atoms with van der Waals surface area (Å²) in [6, 6.07) is 3.56. The van der Waals surface area contributed by atoms with E-state index >= 15 is 0 Å². The maximum atomic E-state index is 9.20. The average Bonchev–Trinajstić information content (AvgIpc) is 2.62. The van der Waals surface area contributed by atoms with E-state index in [1.165, 1.54) is 6.33 Å². The van der Waals surface area contributed by atoms with E-state index in [9.17, 15) is 10.0 Å². The highest BCUT2D eigenvalue weighted by atomic mass is 35.5. The summed E-state index contributed by atoms with van der Waals surface area (Å²) < 4.78 is 0. The van der Waals surface area contributed by atoms with Gasteiger partial charge >= 0.3 is 7.12 Å². The minimum atomic E-state index is -1.55. The Hall–Kier alpha value is -1.04. The van der Waals surface area contributed by atoms with Crippen LogP contribution in [0.15, 0.2) is 18.5 Å². The molecule has 0 fully saturated rings.